The first kappa shape index (κ1) is 25.1. The number of methoxy groups -OCH3 is 3. The van der Waals surface area contributed by atoms with E-state index in [9.17, 15) is 0 Å². The molecule has 8 nitrogen and oxygen atoms in total. The number of aliphatic imine (C=N–C) groups is 1. The zero-order chi connectivity index (χ0) is 21.5. The van der Waals surface area contributed by atoms with Gasteiger partial charge in [0.2, 0.25) is 5.75 Å². The second-order valence-electron chi connectivity index (χ2n) is 7.36. The summed E-state index contributed by atoms with van der Waals surface area (Å²) in [6.45, 7) is 5.54. The third-order valence-corrected chi connectivity index (χ3v) is 5.45. The molecule has 172 valence electrons. The Morgan fingerprint density at radius 2 is 1.97 bits per heavy atom. The lowest BCUT2D eigenvalue weighted by Gasteiger charge is -2.21. The molecular formula is C22H34IN5O3. The molecule has 1 atom stereocenters. The van der Waals surface area contributed by atoms with Gasteiger partial charge in [-0.2, -0.15) is 5.10 Å². The predicted octanol–water partition coefficient (Wildman–Crippen LogP) is 3.06. The van der Waals surface area contributed by atoms with Crippen LogP contribution in [0.3, 0.4) is 0 Å². The quantitative estimate of drug-likeness (QED) is 0.314. The van der Waals surface area contributed by atoms with Crippen LogP contribution in [0.1, 0.15) is 30.4 Å². The minimum Gasteiger partial charge on any atom is -0.493 e. The van der Waals surface area contributed by atoms with Crippen molar-refractivity contribution in [1.29, 1.82) is 0 Å². The van der Waals surface area contributed by atoms with Gasteiger partial charge in [0.15, 0.2) is 17.5 Å². The molecule has 9 heteroatoms. The summed E-state index contributed by atoms with van der Waals surface area (Å²) in [4.78, 5) is 7.22. The highest BCUT2D eigenvalue weighted by Gasteiger charge is 2.27. The second kappa shape index (κ2) is 12.0. The van der Waals surface area contributed by atoms with Gasteiger partial charge in [-0.1, -0.05) is 6.07 Å². The number of nitrogens with zero attached hydrogens (tertiary/aromatic N) is 4. The van der Waals surface area contributed by atoms with E-state index >= 15 is 0 Å². The van der Waals surface area contributed by atoms with E-state index in [0.29, 0.717) is 29.7 Å². The molecule has 1 aromatic carbocycles. The molecule has 0 radical (unpaired) electrons. The fraction of sp³-hybridized carbons (Fsp3) is 0.545. The number of halogens is 1. The number of aryl methyl sites for hydroxylation is 1. The third kappa shape index (κ3) is 5.96. The summed E-state index contributed by atoms with van der Waals surface area (Å²) < 4.78 is 18.3. The molecule has 1 aliphatic heterocycles. The summed E-state index contributed by atoms with van der Waals surface area (Å²) in [5.74, 6) is 3.44. The first-order valence-corrected chi connectivity index (χ1v) is 10.4. The highest BCUT2D eigenvalue weighted by atomic mass is 127. The van der Waals surface area contributed by atoms with Crippen LogP contribution in [0.2, 0.25) is 0 Å². The van der Waals surface area contributed by atoms with Crippen molar-refractivity contribution in [1.82, 2.24) is 20.0 Å². The Labute approximate surface area is 202 Å². The topological polar surface area (TPSA) is 73.1 Å². The van der Waals surface area contributed by atoms with Crippen molar-refractivity contribution in [2.75, 3.05) is 47.5 Å². The number of guanidine groups is 1. The molecule has 2 aromatic rings. The van der Waals surface area contributed by atoms with Crippen molar-refractivity contribution < 1.29 is 14.2 Å². The molecule has 1 fully saturated rings. The summed E-state index contributed by atoms with van der Waals surface area (Å²) in [6, 6.07) is 3.92. The number of hydrogen-bond donors (Lipinski definition) is 1. The van der Waals surface area contributed by atoms with Crippen molar-refractivity contribution in [2.24, 2.45) is 12.0 Å². The number of hydrogen-bond acceptors (Lipinski definition) is 5. The molecule has 0 bridgehead atoms. The lowest BCUT2D eigenvalue weighted by atomic mass is 10.0. The van der Waals surface area contributed by atoms with Crippen LogP contribution in [0, 0.1) is 0 Å². The lowest BCUT2D eigenvalue weighted by molar-refractivity contribution is 0.322. The molecule has 0 aliphatic carbocycles. The molecule has 1 aromatic heterocycles. The molecular weight excluding hydrogens is 509 g/mol. The zero-order valence-electron chi connectivity index (χ0n) is 19.1. The van der Waals surface area contributed by atoms with E-state index in [1.54, 1.807) is 21.3 Å². The van der Waals surface area contributed by atoms with Crippen molar-refractivity contribution in [3.63, 3.8) is 0 Å². The minimum atomic E-state index is 0. The van der Waals surface area contributed by atoms with Crippen LogP contribution >= 0.6 is 24.0 Å². The van der Waals surface area contributed by atoms with E-state index in [4.69, 9.17) is 19.2 Å². The smallest absolute Gasteiger partial charge is 0.203 e. The summed E-state index contributed by atoms with van der Waals surface area (Å²) in [7, 11) is 6.86. The van der Waals surface area contributed by atoms with E-state index in [1.165, 1.54) is 5.56 Å². The van der Waals surface area contributed by atoms with Crippen molar-refractivity contribution in [2.45, 2.75) is 25.7 Å². The molecule has 1 aliphatic rings. The van der Waals surface area contributed by atoms with E-state index < -0.39 is 0 Å². The molecule has 2 heterocycles. The maximum absolute atomic E-state index is 5.59. The normalized spacial score (nSPS) is 16.1. The van der Waals surface area contributed by atoms with E-state index in [2.05, 4.69) is 28.4 Å². The number of likely N-dealkylation sites (tertiary alicyclic amines) is 1. The molecule has 1 saturated heterocycles. The first-order chi connectivity index (χ1) is 14.6. The van der Waals surface area contributed by atoms with Gasteiger partial charge < -0.3 is 24.4 Å². The van der Waals surface area contributed by atoms with Gasteiger partial charge in [0.05, 0.1) is 27.5 Å². The zero-order valence-corrected chi connectivity index (χ0v) is 21.4. The SMILES string of the molecule is CCNC(=NCCc1ccc(OC)c(OC)c1OC)N1CCC(c2cnn(C)c2)C1.I. The lowest BCUT2D eigenvalue weighted by Crippen LogP contribution is -2.40. The molecule has 31 heavy (non-hydrogen) atoms. The Morgan fingerprint density at radius 1 is 1.19 bits per heavy atom. The van der Waals surface area contributed by atoms with Crippen LogP contribution in [-0.4, -0.2) is 68.1 Å². The maximum atomic E-state index is 5.59. The van der Waals surface area contributed by atoms with Crippen LogP contribution in [0.25, 0.3) is 0 Å². The van der Waals surface area contributed by atoms with Gasteiger partial charge in [-0.05, 0) is 31.4 Å². The monoisotopic (exact) mass is 543 g/mol. The molecule has 0 saturated carbocycles. The van der Waals surface area contributed by atoms with Gasteiger partial charge in [-0.3, -0.25) is 9.67 Å². The Bertz CT molecular complexity index is 871. The number of rotatable bonds is 8. The minimum absolute atomic E-state index is 0. The van der Waals surface area contributed by atoms with Crippen LogP contribution in [0.5, 0.6) is 17.2 Å². The van der Waals surface area contributed by atoms with Crippen LogP contribution in [-0.2, 0) is 13.5 Å². The largest absolute Gasteiger partial charge is 0.493 e. The van der Waals surface area contributed by atoms with E-state index in [0.717, 1.165) is 44.0 Å². The molecule has 0 amide bonds. The van der Waals surface area contributed by atoms with Crippen LogP contribution < -0.4 is 19.5 Å². The molecule has 0 spiro atoms. The number of aromatic nitrogens is 2. The first-order valence-electron chi connectivity index (χ1n) is 10.4. The summed E-state index contributed by atoms with van der Waals surface area (Å²) in [5.41, 5.74) is 2.34. The summed E-state index contributed by atoms with van der Waals surface area (Å²) in [5, 5.41) is 7.75. The van der Waals surface area contributed by atoms with Gasteiger partial charge in [0.25, 0.3) is 0 Å². The Morgan fingerprint density at radius 3 is 2.58 bits per heavy atom. The Hall–Kier alpha value is -2.17. The average Bonchev–Trinajstić information content (AvgIpc) is 3.41. The third-order valence-electron chi connectivity index (χ3n) is 5.45. The van der Waals surface area contributed by atoms with Gasteiger partial charge in [0.1, 0.15) is 0 Å². The summed E-state index contributed by atoms with van der Waals surface area (Å²) >= 11 is 0. The van der Waals surface area contributed by atoms with Gasteiger partial charge in [-0.15, -0.1) is 24.0 Å². The molecule has 1 unspecified atom stereocenters. The fourth-order valence-electron chi connectivity index (χ4n) is 3.94. The highest BCUT2D eigenvalue weighted by molar-refractivity contribution is 14.0. The van der Waals surface area contributed by atoms with Gasteiger partial charge >= 0.3 is 0 Å². The number of nitrogens with one attached hydrogen (secondary N) is 1. The number of ether oxygens (including phenoxy) is 3. The standard InChI is InChI=1S/C22H33N5O3.HI/c1-6-23-22(27-12-10-17(15-27)18-13-25-26(2)14-18)24-11-9-16-7-8-19(28-3)21(30-5)20(16)29-4;/h7-8,13-14,17H,6,9-12,15H2,1-5H3,(H,23,24);1H. The average molecular weight is 543 g/mol. The molecule has 1 N–H and O–H groups in total. The van der Waals surface area contributed by atoms with E-state index in [-0.39, 0.29) is 24.0 Å². The van der Waals surface area contributed by atoms with Crippen LogP contribution in [0.15, 0.2) is 29.5 Å². The number of benzene rings is 1. The van der Waals surface area contributed by atoms with Crippen molar-refractivity contribution >= 4 is 29.9 Å². The van der Waals surface area contributed by atoms with Gasteiger partial charge in [0, 0.05) is 50.9 Å². The Balaban J connectivity index is 0.00000341. The Kier molecular flexibility index (Phi) is 9.73. The van der Waals surface area contributed by atoms with Crippen LogP contribution in [0.4, 0.5) is 0 Å². The van der Waals surface area contributed by atoms with Crippen molar-refractivity contribution in [3.8, 4) is 17.2 Å². The van der Waals surface area contributed by atoms with E-state index in [1.807, 2.05) is 30.1 Å². The summed E-state index contributed by atoms with van der Waals surface area (Å²) in [6.07, 6.45) is 5.95. The molecule has 3 rings (SSSR count). The highest BCUT2D eigenvalue weighted by Crippen LogP contribution is 2.39. The predicted molar refractivity (Wildman–Crippen MR) is 133 cm³/mol. The van der Waals surface area contributed by atoms with Gasteiger partial charge in [-0.25, -0.2) is 0 Å². The fourth-order valence-corrected chi connectivity index (χ4v) is 3.94. The van der Waals surface area contributed by atoms with Crippen molar-refractivity contribution in [3.05, 3.63) is 35.7 Å². The maximum Gasteiger partial charge on any atom is 0.203 e. The second-order valence-corrected chi connectivity index (χ2v) is 7.36.